The molecule has 1 aliphatic heterocycles. The van der Waals surface area contributed by atoms with Crippen molar-refractivity contribution >= 4 is 27.7 Å². The van der Waals surface area contributed by atoms with E-state index in [-0.39, 0.29) is 11.8 Å². The highest BCUT2D eigenvalue weighted by molar-refractivity contribution is 9.10. The van der Waals surface area contributed by atoms with Gasteiger partial charge in [-0.1, -0.05) is 15.9 Å². The number of hydrogen-bond acceptors (Lipinski definition) is 3. The first-order valence-corrected chi connectivity index (χ1v) is 9.44. The van der Waals surface area contributed by atoms with Crippen molar-refractivity contribution in [1.82, 2.24) is 9.80 Å². The molecular formula is C20H21BrN2O3. The van der Waals surface area contributed by atoms with Crippen LogP contribution in [0.15, 0.2) is 53.0 Å². The zero-order valence-corrected chi connectivity index (χ0v) is 16.2. The lowest BCUT2D eigenvalue weighted by atomic mass is 10.1. The summed E-state index contributed by atoms with van der Waals surface area (Å²) in [4.78, 5) is 28.8. The van der Waals surface area contributed by atoms with Crippen LogP contribution in [0.3, 0.4) is 0 Å². The summed E-state index contributed by atoms with van der Waals surface area (Å²) in [7, 11) is 0. The number of halogens is 1. The van der Waals surface area contributed by atoms with Gasteiger partial charge >= 0.3 is 0 Å². The molecule has 2 aromatic carbocycles. The number of rotatable bonds is 4. The Morgan fingerprint density at radius 3 is 1.69 bits per heavy atom. The van der Waals surface area contributed by atoms with E-state index in [4.69, 9.17) is 4.74 Å². The molecule has 2 aromatic rings. The second-order valence-corrected chi connectivity index (χ2v) is 6.96. The molecule has 1 aliphatic rings. The van der Waals surface area contributed by atoms with Crippen molar-refractivity contribution in [2.24, 2.45) is 0 Å². The van der Waals surface area contributed by atoms with E-state index in [1.54, 1.807) is 21.9 Å². The van der Waals surface area contributed by atoms with Crippen LogP contribution in [0.4, 0.5) is 0 Å². The van der Waals surface area contributed by atoms with E-state index >= 15 is 0 Å². The quantitative estimate of drug-likeness (QED) is 0.766. The van der Waals surface area contributed by atoms with E-state index in [2.05, 4.69) is 15.9 Å². The van der Waals surface area contributed by atoms with Crippen molar-refractivity contribution in [3.05, 3.63) is 64.1 Å². The number of nitrogens with zero attached hydrogens (tertiary/aromatic N) is 2. The standard InChI is InChI=1S/C20H21BrN2O3/c1-2-26-18-9-5-16(6-10-18)20(25)23-13-11-22(12-14-23)19(24)15-3-7-17(21)8-4-15/h3-10H,2,11-14H2,1H3. The summed E-state index contributed by atoms with van der Waals surface area (Å²) in [5.74, 6) is 0.753. The van der Waals surface area contributed by atoms with Crippen molar-refractivity contribution in [2.75, 3.05) is 32.8 Å². The average Bonchev–Trinajstić information content (AvgIpc) is 2.68. The van der Waals surface area contributed by atoms with E-state index in [1.807, 2.05) is 43.3 Å². The summed E-state index contributed by atoms with van der Waals surface area (Å²) < 4.78 is 6.35. The Morgan fingerprint density at radius 2 is 1.27 bits per heavy atom. The van der Waals surface area contributed by atoms with Gasteiger partial charge in [-0.15, -0.1) is 0 Å². The maximum Gasteiger partial charge on any atom is 0.253 e. The largest absolute Gasteiger partial charge is 0.494 e. The van der Waals surface area contributed by atoms with E-state index in [1.165, 1.54) is 0 Å². The van der Waals surface area contributed by atoms with E-state index < -0.39 is 0 Å². The Balaban J connectivity index is 1.58. The van der Waals surface area contributed by atoms with E-state index in [0.29, 0.717) is 43.9 Å². The second kappa shape index (κ2) is 8.36. The van der Waals surface area contributed by atoms with Gasteiger partial charge in [0.05, 0.1) is 6.61 Å². The molecular weight excluding hydrogens is 396 g/mol. The Kier molecular flexibility index (Phi) is 5.93. The molecule has 3 rings (SSSR count). The molecule has 1 fully saturated rings. The minimum Gasteiger partial charge on any atom is -0.494 e. The smallest absolute Gasteiger partial charge is 0.253 e. The lowest BCUT2D eigenvalue weighted by Crippen LogP contribution is -2.50. The SMILES string of the molecule is CCOc1ccc(C(=O)N2CCN(C(=O)c3ccc(Br)cc3)CC2)cc1. The van der Waals surface area contributed by atoms with Crippen LogP contribution >= 0.6 is 15.9 Å². The lowest BCUT2D eigenvalue weighted by molar-refractivity contribution is 0.0535. The van der Waals surface area contributed by atoms with Crippen LogP contribution in [0.5, 0.6) is 5.75 Å². The number of carbonyl (C=O) groups is 2. The summed E-state index contributed by atoms with van der Waals surface area (Å²) in [5.41, 5.74) is 1.31. The highest BCUT2D eigenvalue weighted by atomic mass is 79.9. The van der Waals surface area contributed by atoms with Gasteiger partial charge < -0.3 is 14.5 Å². The molecule has 0 atom stereocenters. The van der Waals surface area contributed by atoms with Gasteiger partial charge in [0.1, 0.15) is 5.75 Å². The Labute approximate surface area is 161 Å². The van der Waals surface area contributed by atoms with Crippen LogP contribution in [-0.2, 0) is 0 Å². The summed E-state index contributed by atoms with van der Waals surface area (Å²) in [5, 5.41) is 0. The molecule has 0 aliphatic carbocycles. The van der Waals surface area contributed by atoms with Gasteiger partial charge in [0.25, 0.3) is 11.8 Å². The number of ether oxygens (including phenoxy) is 1. The fraction of sp³-hybridized carbons (Fsp3) is 0.300. The Hall–Kier alpha value is -2.34. The van der Waals surface area contributed by atoms with Gasteiger partial charge in [0.2, 0.25) is 0 Å². The summed E-state index contributed by atoms with van der Waals surface area (Å²) in [6.45, 7) is 4.67. The van der Waals surface area contributed by atoms with E-state index in [9.17, 15) is 9.59 Å². The van der Waals surface area contributed by atoms with Crippen LogP contribution in [0.2, 0.25) is 0 Å². The molecule has 0 bridgehead atoms. The molecule has 6 heteroatoms. The first-order valence-electron chi connectivity index (χ1n) is 8.65. The van der Waals surface area contributed by atoms with Crippen LogP contribution in [0.25, 0.3) is 0 Å². The highest BCUT2D eigenvalue weighted by Gasteiger charge is 2.25. The molecule has 1 heterocycles. The van der Waals surface area contributed by atoms with Crippen LogP contribution in [-0.4, -0.2) is 54.4 Å². The Bertz CT molecular complexity index is 767. The van der Waals surface area contributed by atoms with Gasteiger partial charge in [0, 0.05) is 41.8 Å². The van der Waals surface area contributed by atoms with Crippen molar-refractivity contribution in [3.63, 3.8) is 0 Å². The van der Waals surface area contributed by atoms with Gasteiger partial charge in [-0.2, -0.15) is 0 Å². The molecule has 0 aromatic heterocycles. The molecule has 0 radical (unpaired) electrons. The summed E-state index contributed by atoms with van der Waals surface area (Å²) >= 11 is 3.37. The number of piperazine rings is 1. The monoisotopic (exact) mass is 416 g/mol. The molecule has 0 N–H and O–H groups in total. The number of benzene rings is 2. The molecule has 26 heavy (non-hydrogen) atoms. The fourth-order valence-electron chi connectivity index (χ4n) is 2.93. The molecule has 2 amide bonds. The van der Waals surface area contributed by atoms with Crippen molar-refractivity contribution in [2.45, 2.75) is 6.92 Å². The molecule has 0 spiro atoms. The van der Waals surface area contributed by atoms with Crippen LogP contribution in [0.1, 0.15) is 27.6 Å². The predicted molar refractivity (Wildman–Crippen MR) is 104 cm³/mol. The van der Waals surface area contributed by atoms with Crippen molar-refractivity contribution < 1.29 is 14.3 Å². The van der Waals surface area contributed by atoms with Gasteiger partial charge in [-0.3, -0.25) is 9.59 Å². The lowest BCUT2D eigenvalue weighted by Gasteiger charge is -2.35. The van der Waals surface area contributed by atoms with Gasteiger partial charge in [0.15, 0.2) is 0 Å². The Morgan fingerprint density at radius 1 is 0.846 bits per heavy atom. The zero-order valence-electron chi connectivity index (χ0n) is 14.7. The summed E-state index contributed by atoms with van der Waals surface area (Å²) in [6, 6.07) is 14.5. The average molecular weight is 417 g/mol. The van der Waals surface area contributed by atoms with Gasteiger partial charge in [-0.25, -0.2) is 0 Å². The van der Waals surface area contributed by atoms with Crippen molar-refractivity contribution in [3.8, 4) is 5.75 Å². The second-order valence-electron chi connectivity index (χ2n) is 6.05. The molecule has 0 unspecified atom stereocenters. The highest BCUT2D eigenvalue weighted by Crippen LogP contribution is 2.16. The first kappa shape index (κ1) is 18.5. The summed E-state index contributed by atoms with van der Waals surface area (Å²) in [6.07, 6.45) is 0. The normalized spacial score (nSPS) is 14.2. The molecule has 0 saturated carbocycles. The fourth-order valence-corrected chi connectivity index (χ4v) is 3.19. The number of carbonyl (C=O) groups excluding carboxylic acids is 2. The van der Waals surface area contributed by atoms with Crippen LogP contribution < -0.4 is 4.74 Å². The third-order valence-corrected chi connectivity index (χ3v) is 4.89. The topological polar surface area (TPSA) is 49.9 Å². The first-order chi connectivity index (χ1) is 12.6. The molecule has 5 nitrogen and oxygen atoms in total. The van der Waals surface area contributed by atoms with Crippen LogP contribution in [0, 0.1) is 0 Å². The minimum atomic E-state index is -0.0104. The van der Waals surface area contributed by atoms with E-state index in [0.717, 1.165) is 10.2 Å². The number of hydrogen-bond donors (Lipinski definition) is 0. The van der Waals surface area contributed by atoms with Gasteiger partial charge in [-0.05, 0) is 55.5 Å². The maximum absolute atomic E-state index is 12.6. The van der Waals surface area contributed by atoms with Crippen molar-refractivity contribution in [1.29, 1.82) is 0 Å². The molecule has 136 valence electrons. The predicted octanol–water partition coefficient (Wildman–Crippen LogP) is 3.45. The number of amides is 2. The third kappa shape index (κ3) is 4.25. The third-order valence-electron chi connectivity index (χ3n) is 4.36. The maximum atomic E-state index is 12.6. The molecule has 1 saturated heterocycles. The minimum absolute atomic E-state index is 0.00525. The zero-order chi connectivity index (χ0) is 18.5.